The van der Waals surface area contributed by atoms with Gasteiger partial charge in [0.1, 0.15) is 6.10 Å². The van der Waals surface area contributed by atoms with Crippen molar-refractivity contribution in [2.24, 2.45) is 5.92 Å². The van der Waals surface area contributed by atoms with Gasteiger partial charge in [-0.25, -0.2) is 0 Å². The summed E-state index contributed by atoms with van der Waals surface area (Å²) in [4.78, 5) is 9.25. The van der Waals surface area contributed by atoms with Gasteiger partial charge in [0.15, 0.2) is 5.82 Å². The molecule has 0 fully saturated rings. The number of rotatable bonds is 6. The Morgan fingerprint density at radius 1 is 1.23 bits per heavy atom. The third-order valence-corrected chi connectivity index (χ3v) is 4.85. The standard InChI is InChI=1S/C20H30N4O2/c1-14(2)13-25-16(4)20-21-19(26-22-20)12-24-15(3)10-11-23(5)17-8-6-7-9-18(17)24/h6-9,14-16H,10-13H2,1-5H3. The van der Waals surface area contributed by atoms with Gasteiger partial charge in [-0.05, 0) is 38.3 Å². The molecule has 1 aliphatic rings. The molecule has 2 heterocycles. The monoisotopic (exact) mass is 358 g/mol. The second-order valence-corrected chi connectivity index (χ2v) is 7.59. The van der Waals surface area contributed by atoms with Crippen molar-refractivity contribution in [1.82, 2.24) is 10.1 Å². The molecule has 0 spiro atoms. The van der Waals surface area contributed by atoms with Crippen LogP contribution in [0.3, 0.4) is 0 Å². The van der Waals surface area contributed by atoms with E-state index in [1.807, 2.05) is 6.92 Å². The highest BCUT2D eigenvalue weighted by molar-refractivity contribution is 5.72. The maximum Gasteiger partial charge on any atom is 0.246 e. The smallest absolute Gasteiger partial charge is 0.246 e. The summed E-state index contributed by atoms with van der Waals surface area (Å²) in [6, 6.07) is 8.90. The van der Waals surface area contributed by atoms with Crippen molar-refractivity contribution < 1.29 is 9.26 Å². The van der Waals surface area contributed by atoms with Crippen LogP contribution in [0.25, 0.3) is 0 Å². The van der Waals surface area contributed by atoms with Crippen molar-refractivity contribution in [3.8, 4) is 0 Å². The van der Waals surface area contributed by atoms with E-state index in [1.165, 1.54) is 11.4 Å². The lowest BCUT2D eigenvalue weighted by Gasteiger charge is -2.29. The zero-order chi connectivity index (χ0) is 18.7. The molecule has 0 saturated heterocycles. The molecule has 6 nitrogen and oxygen atoms in total. The minimum absolute atomic E-state index is 0.158. The van der Waals surface area contributed by atoms with Crippen LogP contribution >= 0.6 is 0 Å². The van der Waals surface area contributed by atoms with Gasteiger partial charge in [-0.3, -0.25) is 0 Å². The number of hydrogen-bond acceptors (Lipinski definition) is 6. The first-order chi connectivity index (χ1) is 12.5. The van der Waals surface area contributed by atoms with Crippen LogP contribution in [-0.2, 0) is 11.3 Å². The summed E-state index contributed by atoms with van der Waals surface area (Å²) in [5, 5.41) is 4.13. The van der Waals surface area contributed by atoms with E-state index in [4.69, 9.17) is 9.26 Å². The number of ether oxygens (including phenoxy) is 1. The Morgan fingerprint density at radius 2 is 1.96 bits per heavy atom. The number of nitrogens with zero attached hydrogens (tertiary/aromatic N) is 4. The van der Waals surface area contributed by atoms with Gasteiger partial charge in [-0.2, -0.15) is 4.98 Å². The van der Waals surface area contributed by atoms with Crippen molar-refractivity contribution in [3.05, 3.63) is 36.0 Å². The van der Waals surface area contributed by atoms with Crippen molar-refractivity contribution in [2.75, 3.05) is 30.0 Å². The first kappa shape index (κ1) is 18.7. The van der Waals surface area contributed by atoms with Crippen LogP contribution in [-0.4, -0.2) is 36.4 Å². The zero-order valence-corrected chi connectivity index (χ0v) is 16.5. The Kier molecular flexibility index (Phi) is 5.81. The zero-order valence-electron chi connectivity index (χ0n) is 16.5. The molecule has 142 valence electrons. The Balaban J connectivity index is 1.77. The molecule has 0 aliphatic carbocycles. The molecule has 6 heteroatoms. The molecule has 0 saturated carbocycles. The number of fused-ring (bicyclic) bond motifs is 1. The molecular weight excluding hydrogens is 328 g/mol. The van der Waals surface area contributed by atoms with E-state index in [0.29, 0.717) is 36.8 Å². The lowest BCUT2D eigenvalue weighted by Crippen LogP contribution is -2.32. The number of aromatic nitrogens is 2. The minimum Gasteiger partial charge on any atom is -0.373 e. The Morgan fingerprint density at radius 3 is 2.69 bits per heavy atom. The van der Waals surface area contributed by atoms with Gasteiger partial charge in [0.25, 0.3) is 0 Å². The molecule has 1 aliphatic heterocycles. The molecule has 2 atom stereocenters. The van der Waals surface area contributed by atoms with Crippen molar-refractivity contribution in [3.63, 3.8) is 0 Å². The van der Waals surface area contributed by atoms with E-state index in [0.717, 1.165) is 13.0 Å². The molecule has 2 aromatic rings. The Bertz CT molecular complexity index is 715. The summed E-state index contributed by atoms with van der Waals surface area (Å²) >= 11 is 0. The average molecular weight is 358 g/mol. The van der Waals surface area contributed by atoms with Gasteiger partial charge < -0.3 is 19.1 Å². The van der Waals surface area contributed by atoms with Crippen LogP contribution in [0.15, 0.2) is 28.8 Å². The average Bonchev–Trinajstić information content (AvgIpc) is 3.06. The Labute approximate surface area is 156 Å². The maximum absolute atomic E-state index is 5.80. The van der Waals surface area contributed by atoms with Crippen LogP contribution in [0, 0.1) is 5.92 Å². The predicted molar refractivity (Wildman–Crippen MR) is 103 cm³/mol. The second-order valence-electron chi connectivity index (χ2n) is 7.59. The lowest BCUT2D eigenvalue weighted by molar-refractivity contribution is 0.0402. The fourth-order valence-corrected chi connectivity index (χ4v) is 3.22. The highest BCUT2D eigenvalue weighted by atomic mass is 16.5. The van der Waals surface area contributed by atoms with Crippen molar-refractivity contribution in [2.45, 2.75) is 52.8 Å². The topological polar surface area (TPSA) is 54.6 Å². The van der Waals surface area contributed by atoms with Gasteiger partial charge in [0, 0.05) is 26.2 Å². The van der Waals surface area contributed by atoms with Crippen LogP contribution < -0.4 is 9.80 Å². The number of benzene rings is 1. The number of hydrogen-bond donors (Lipinski definition) is 0. The third-order valence-electron chi connectivity index (χ3n) is 4.85. The first-order valence-corrected chi connectivity index (χ1v) is 9.46. The fourth-order valence-electron chi connectivity index (χ4n) is 3.22. The largest absolute Gasteiger partial charge is 0.373 e. The molecule has 3 rings (SSSR count). The fraction of sp³-hybridized carbons (Fsp3) is 0.600. The van der Waals surface area contributed by atoms with Gasteiger partial charge >= 0.3 is 0 Å². The second kappa shape index (κ2) is 8.08. The molecule has 1 aromatic carbocycles. The quantitative estimate of drug-likeness (QED) is 0.777. The van der Waals surface area contributed by atoms with E-state index in [9.17, 15) is 0 Å². The number of para-hydroxylation sites is 2. The molecule has 0 amide bonds. The van der Waals surface area contributed by atoms with E-state index < -0.39 is 0 Å². The third kappa shape index (κ3) is 4.18. The van der Waals surface area contributed by atoms with Gasteiger partial charge in [0.2, 0.25) is 5.89 Å². The molecule has 0 N–H and O–H groups in total. The van der Waals surface area contributed by atoms with Crippen LogP contribution in [0.1, 0.15) is 51.9 Å². The van der Waals surface area contributed by atoms with Gasteiger partial charge in [0.05, 0.1) is 17.9 Å². The summed E-state index contributed by atoms with van der Waals surface area (Å²) in [6.45, 7) is 10.8. The molecular formula is C20H30N4O2. The lowest BCUT2D eigenvalue weighted by atomic mass is 10.2. The molecule has 0 bridgehead atoms. The first-order valence-electron chi connectivity index (χ1n) is 9.46. The summed E-state index contributed by atoms with van der Waals surface area (Å²) < 4.78 is 11.3. The summed E-state index contributed by atoms with van der Waals surface area (Å²) in [6.07, 6.45) is 0.926. The van der Waals surface area contributed by atoms with Crippen LogP contribution in [0.4, 0.5) is 11.4 Å². The normalized spacial score (nSPS) is 18.8. The highest BCUT2D eigenvalue weighted by Crippen LogP contribution is 2.34. The molecule has 2 unspecified atom stereocenters. The predicted octanol–water partition coefficient (Wildman–Crippen LogP) is 4.04. The maximum atomic E-state index is 5.80. The van der Waals surface area contributed by atoms with E-state index in [1.54, 1.807) is 0 Å². The van der Waals surface area contributed by atoms with Crippen LogP contribution in [0.5, 0.6) is 0 Å². The molecule has 0 radical (unpaired) electrons. The SMILES string of the molecule is CC(C)COC(C)c1noc(CN2c3ccccc3N(C)CCC2C)n1. The van der Waals surface area contributed by atoms with E-state index in [-0.39, 0.29) is 6.10 Å². The van der Waals surface area contributed by atoms with Crippen molar-refractivity contribution >= 4 is 11.4 Å². The van der Waals surface area contributed by atoms with Gasteiger partial charge in [-0.1, -0.05) is 31.1 Å². The summed E-state index contributed by atoms with van der Waals surface area (Å²) in [5.41, 5.74) is 2.45. The molecule has 26 heavy (non-hydrogen) atoms. The van der Waals surface area contributed by atoms with E-state index >= 15 is 0 Å². The molecule has 1 aromatic heterocycles. The minimum atomic E-state index is -0.158. The van der Waals surface area contributed by atoms with Crippen molar-refractivity contribution in [1.29, 1.82) is 0 Å². The summed E-state index contributed by atoms with van der Waals surface area (Å²) in [7, 11) is 2.15. The number of anilines is 2. The van der Waals surface area contributed by atoms with Gasteiger partial charge in [-0.15, -0.1) is 0 Å². The highest BCUT2D eigenvalue weighted by Gasteiger charge is 2.25. The van der Waals surface area contributed by atoms with Crippen LogP contribution in [0.2, 0.25) is 0 Å². The Hall–Kier alpha value is -2.08. The van der Waals surface area contributed by atoms with E-state index in [2.05, 4.69) is 72.0 Å². The summed E-state index contributed by atoms with van der Waals surface area (Å²) in [5.74, 6) is 1.73.